The summed E-state index contributed by atoms with van der Waals surface area (Å²) < 4.78 is 2.18. The molecule has 0 aliphatic carbocycles. The zero-order valence-electron chi connectivity index (χ0n) is 11.6. The summed E-state index contributed by atoms with van der Waals surface area (Å²) in [6.45, 7) is 9.39. The molecule has 4 nitrogen and oxygen atoms in total. The maximum absolute atomic E-state index is 12.3. The fraction of sp³-hybridized carbons (Fsp3) is 0.643. The molecule has 2 heterocycles. The van der Waals surface area contributed by atoms with Gasteiger partial charge in [-0.05, 0) is 33.3 Å². The van der Waals surface area contributed by atoms with Gasteiger partial charge in [0.25, 0.3) is 0 Å². The van der Waals surface area contributed by atoms with Crippen molar-refractivity contribution >= 4 is 5.78 Å². The van der Waals surface area contributed by atoms with Gasteiger partial charge in [-0.3, -0.25) is 9.69 Å². The Morgan fingerprint density at radius 1 is 1.50 bits per heavy atom. The van der Waals surface area contributed by atoms with Crippen LogP contribution in [-0.4, -0.2) is 40.9 Å². The third-order valence-corrected chi connectivity index (χ3v) is 3.87. The molecule has 1 unspecified atom stereocenters. The Hall–Kier alpha value is -1.13. The molecule has 0 spiro atoms. The van der Waals surface area contributed by atoms with Crippen molar-refractivity contribution in [3.05, 3.63) is 23.0 Å². The van der Waals surface area contributed by atoms with Gasteiger partial charge in [0, 0.05) is 42.6 Å². The summed E-state index contributed by atoms with van der Waals surface area (Å²) in [7, 11) is 0. The highest BCUT2D eigenvalue weighted by Crippen LogP contribution is 2.17. The van der Waals surface area contributed by atoms with Gasteiger partial charge in [-0.25, -0.2) is 0 Å². The van der Waals surface area contributed by atoms with Crippen LogP contribution < -0.4 is 5.73 Å². The molecule has 18 heavy (non-hydrogen) atoms. The van der Waals surface area contributed by atoms with Crippen molar-refractivity contribution in [1.29, 1.82) is 0 Å². The third-order valence-electron chi connectivity index (χ3n) is 3.87. The molecular formula is C14H23N3O. The van der Waals surface area contributed by atoms with Crippen molar-refractivity contribution in [2.45, 2.75) is 39.8 Å². The number of aromatic nitrogens is 1. The number of hydrogen-bond donors (Lipinski definition) is 1. The number of Topliss-reactive ketones (excluding diaryl/α,β-unsaturated/α-hetero) is 1. The Balaban J connectivity index is 2.09. The SMILES string of the molecule is CCn1c(C)cc(C(=O)CN2CCC(N)C2)c1C. The number of carbonyl (C=O) groups excluding carboxylic acids is 1. The Kier molecular flexibility index (Phi) is 3.88. The minimum atomic E-state index is 0.219. The smallest absolute Gasteiger partial charge is 0.178 e. The van der Waals surface area contributed by atoms with Crippen LogP contribution in [0.15, 0.2) is 6.07 Å². The van der Waals surface area contributed by atoms with Crippen LogP contribution in [-0.2, 0) is 6.54 Å². The minimum absolute atomic E-state index is 0.219. The molecule has 100 valence electrons. The van der Waals surface area contributed by atoms with Crippen molar-refractivity contribution in [3.8, 4) is 0 Å². The van der Waals surface area contributed by atoms with Crippen LogP contribution in [0.3, 0.4) is 0 Å². The summed E-state index contributed by atoms with van der Waals surface area (Å²) in [5.41, 5.74) is 8.98. The molecule has 0 bridgehead atoms. The molecule has 1 aromatic heterocycles. The lowest BCUT2D eigenvalue weighted by Gasteiger charge is -2.14. The summed E-state index contributed by atoms with van der Waals surface area (Å²) in [5, 5.41) is 0. The van der Waals surface area contributed by atoms with Gasteiger partial charge in [0.1, 0.15) is 0 Å². The summed E-state index contributed by atoms with van der Waals surface area (Å²) >= 11 is 0. The monoisotopic (exact) mass is 249 g/mol. The highest BCUT2D eigenvalue weighted by Gasteiger charge is 2.23. The summed E-state index contributed by atoms with van der Waals surface area (Å²) in [6.07, 6.45) is 1.00. The average Bonchev–Trinajstić information content (AvgIpc) is 2.83. The maximum Gasteiger partial charge on any atom is 0.178 e. The normalized spacial score (nSPS) is 20.6. The molecular weight excluding hydrogens is 226 g/mol. The largest absolute Gasteiger partial charge is 0.349 e. The molecule has 0 radical (unpaired) electrons. The number of aryl methyl sites for hydroxylation is 1. The lowest BCUT2D eigenvalue weighted by Crippen LogP contribution is -2.31. The predicted octanol–water partition coefficient (Wildman–Crippen LogP) is 1.34. The van der Waals surface area contributed by atoms with Crippen LogP contribution in [0.1, 0.15) is 35.1 Å². The van der Waals surface area contributed by atoms with Gasteiger partial charge in [-0.1, -0.05) is 0 Å². The van der Waals surface area contributed by atoms with Crippen LogP contribution in [0.25, 0.3) is 0 Å². The molecule has 0 aromatic carbocycles. The molecule has 1 atom stereocenters. The van der Waals surface area contributed by atoms with E-state index in [2.05, 4.69) is 23.3 Å². The van der Waals surface area contributed by atoms with Crippen molar-refractivity contribution in [1.82, 2.24) is 9.47 Å². The molecule has 1 saturated heterocycles. The lowest BCUT2D eigenvalue weighted by molar-refractivity contribution is 0.0944. The quantitative estimate of drug-likeness (QED) is 0.819. The number of nitrogens with two attached hydrogens (primary N) is 1. The highest BCUT2D eigenvalue weighted by molar-refractivity contribution is 5.99. The van der Waals surface area contributed by atoms with E-state index in [1.165, 1.54) is 0 Å². The Bertz CT molecular complexity index is 450. The van der Waals surface area contributed by atoms with E-state index in [1.54, 1.807) is 0 Å². The number of rotatable bonds is 4. The van der Waals surface area contributed by atoms with Crippen molar-refractivity contribution in [2.75, 3.05) is 19.6 Å². The van der Waals surface area contributed by atoms with E-state index in [0.29, 0.717) is 6.54 Å². The second-order valence-corrected chi connectivity index (χ2v) is 5.24. The zero-order chi connectivity index (χ0) is 13.3. The number of ketones is 1. The van der Waals surface area contributed by atoms with E-state index in [9.17, 15) is 4.79 Å². The van der Waals surface area contributed by atoms with E-state index >= 15 is 0 Å². The molecule has 1 aliphatic rings. The first kappa shape index (κ1) is 13.3. The summed E-state index contributed by atoms with van der Waals surface area (Å²) in [4.78, 5) is 14.5. The average molecular weight is 249 g/mol. The van der Waals surface area contributed by atoms with Crippen LogP contribution in [0.5, 0.6) is 0 Å². The van der Waals surface area contributed by atoms with Crippen molar-refractivity contribution in [3.63, 3.8) is 0 Å². The Morgan fingerprint density at radius 2 is 2.22 bits per heavy atom. The number of nitrogens with zero attached hydrogens (tertiary/aromatic N) is 2. The van der Waals surface area contributed by atoms with Gasteiger partial charge in [-0.15, -0.1) is 0 Å². The molecule has 2 N–H and O–H groups in total. The topological polar surface area (TPSA) is 51.3 Å². The zero-order valence-corrected chi connectivity index (χ0v) is 11.6. The second kappa shape index (κ2) is 5.24. The Labute approximate surface area is 109 Å². The molecule has 0 amide bonds. The second-order valence-electron chi connectivity index (χ2n) is 5.24. The van der Waals surface area contributed by atoms with Gasteiger partial charge < -0.3 is 10.3 Å². The summed E-state index contributed by atoms with van der Waals surface area (Å²) in [6, 6.07) is 2.25. The van der Waals surface area contributed by atoms with Crippen molar-refractivity contribution < 1.29 is 4.79 Å². The van der Waals surface area contributed by atoms with Gasteiger partial charge in [0.15, 0.2) is 5.78 Å². The van der Waals surface area contributed by atoms with Crippen LogP contribution in [0.2, 0.25) is 0 Å². The molecule has 1 aromatic rings. The first-order valence-corrected chi connectivity index (χ1v) is 6.70. The van der Waals surface area contributed by atoms with Crippen LogP contribution in [0, 0.1) is 13.8 Å². The van der Waals surface area contributed by atoms with Gasteiger partial charge >= 0.3 is 0 Å². The van der Waals surface area contributed by atoms with Crippen LogP contribution in [0.4, 0.5) is 0 Å². The first-order valence-electron chi connectivity index (χ1n) is 6.70. The third kappa shape index (κ3) is 2.49. The van der Waals surface area contributed by atoms with Gasteiger partial charge in [0.2, 0.25) is 0 Å². The van der Waals surface area contributed by atoms with Gasteiger partial charge in [0.05, 0.1) is 6.54 Å². The molecule has 2 rings (SSSR count). The molecule has 0 saturated carbocycles. The van der Waals surface area contributed by atoms with E-state index < -0.39 is 0 Å². The first-order chi connectivity index (χ1) is 8.52. The molecule has 1 aliphatic heterocycles. The fourth-order valence-electron chi connectivity index (χ4n) is 2.86. The van der Waals surface area contributed by atoms with E-state index in [1.807, 2.05) is 13.0 Å². The van der Waals surface area contributed by atoms with E-state index in [4.69, 9.17) is 5.73 Å². The maximum atomic E-state index is 12.3. The number of carbonyl (C=O) groups is 1. The highest BCUT2D eigenvalue weighted by atomic mass is 16.1. The number of likely N-dealkylation sites (tertiary alicyclic amines) is 1. The van der Waals surface area contributed by atoms with Gasteiger partial charge in [-0.2, -0.15) is 0 Å². The van der Waals surface area contributed by atoms with E-state index in [-0.39, 0.29) is 11.8 Å². The lowest BCUT2D eigenvalue weighted by atomic mass is 10.1. The predicted molar refractivity (Wildman–Crippen MR) is 72.9 cm³/mol. The van der Waals surface area contributed by atoms with Crippen LogP contribution >= 0.6 is 0 Å². The number of hydrogen-bond acceptors (Lipinski definition) is 3. The standard InChI is InChI=1S/C14H23N3O/c1-4-17-10(2)7-13(11(17)3)14(18)9-16-6-5-12(15)8-16/h7,12H,4-6,8-9,15H2,1-3H3. The minimum Gasteiger partial charge on any atom is -0.349 e. The fourth-order valence-corrected chi connectivity index (χ4v) is 2.86. The molecule has 4 heteroatoms. The summed E-state index contributed by atoms with van der Waals surface area (Å²) in [5.74, 6) is 0.219. The Morgan fingerprint density at radius 3 is 2.72 bits per heavy atom. The van der Waals surface area contributed by atoms with E-state index in [0.717, 1.165) is 43.0 Å². The van der Waals surface area contributed by atoms with Crippen molar-refractivity contribution in [2.24, 2.45) is 5.73 Å². The molecule has 1 fully saturated rings.